The van der Waals surface area contributed by atoms with Crippen LogP contribution in [0.4, 0.5) is 10.5 Å². The molecule has 4 N–H and O–H groups in total. The summed E-state index contributed by atoms with van der Waals surface area (Å²) >= 11 is 6.42. The quantitative estimate of drug-likeness (QED) is 0.323. The van der Waals surface area contributed by atoms with Crippen LogP contribution in [-0.4, -0.2) is 93.8 Å². The molecule has 47 heavy (non-hydrogen) atoms. The molecule has 3 saturated heterocycles. The Balaban J connectivity index is 1.10. The first kappa shape index (κ1) is 33.1. The van der Waals surface area contributed by atoms with Crippen LogP contribution in [0.5, 0.6) is 0 Å². The van der Waals surface area contributed by atoms with E-state index in [4.69, 9.17) is 17.3 Å². The van der Waals surface area contributed by atoms with Crippen molar-refractivity contribution in [3.8, 4) is 11.4 Å². The molecule has 1 atom stereocenters. The molecule has 3 aliphatic heterocycles. The zero-order valence-corrected chi connectivity index (χ0v) is 28.2. The van der Waals surface area contributed by atoms with Crippen LogP contribution in [0.15, 0.2) is 47.3 Å². The number of anilines is 1. The minimum atomic E-state index is -0.735. The Morgan fingerprint density at radius 3 is 2.21 bits per heavy atom. The number of aromatic amines is 1. The average Bonchev–Trinajstić information content (AvgIpc) is 3.48. The van der Waals surface area contributed by atoms with Gasteiger partial charge in [-0.25, -0.2) is 14.3 Å². The monoisotopic (exact) mass is 662 g/mol. The number of amides is 3. The Labute approximate surface area is 281 Å². The molecule has 3 aliphatic rings. The number of halogens is 1. The number of likely N-dealkylation sites (tertiary alicyclic amines) is 3. The van der Waals surface area contributed by atoms with Gasteiger partial charge in [-0.1, -0.05) is 48.0 Å². The fourth-order valence-corrected chi connectivity index (χ4v) is 7.84. The molecule has 12 heteroatoms. The zero-order valence-electron chi connectivity index (χ0n) is 27.5. The van der Waals surface area contributed by atoms with Crippen LogP contribution < -0.4 is 16.7 Å². The molecule has 4 heterocycles. The van der Waals surface area contributed by atoms with Gasteiger partial charge in [-0.15, -0.1) is 5.10 Å². The highest BCUT2D eigenvalue weighted by molar-refractivity contribution is 6.33. The molecule has 2 aromatic carbocycles. The molecule has 11 nitrogen and oxygen atoms in total. The van der Waals surface area contributed by atoms with Gasteiger partial charge in [0.2, 0.25) is 5.91 Å². The number of carbonyl (C=O) groups excluding carboxylic acids is 2. The molecular formula is C35H47ClN8O3. The first-order valence-electron chi connectivity index (χ1n) is 17.0. The number of hydrogen-bond donors (Lipinski definition) is 3. The number of nitrogens with one attached hydrogen (secondary N) is 2. The van der Waals surface area contributed by atoms with Crippen LogP contribution in [0.1, 0.15) is 55.7 Å². The lowest BCUT2D eigenvalue weighted by molar-refractivity contribution is -0.135. The highest BCUT2D eigenvalue weighted by Gasteiger charge is 2.35. The Morgan fingerprint density at radius 2 is 1.57 bits per heavy atom. The molecule has 252 valence electrons. The lowest BCUT2D eigenvalue weighted by atomic mass is 9.79. The predicted molar refractivity (Wildman–Crippen MR) is 184 cm³/mol. The van der Waals surface area contributed by atoms with Gasteiger partial charge >= 0.3 is 11.7 Å². The molecule has 0 unspecified atom stereocenters. The fraction of sp³-hybridized carbons (Fsp3) is 0.543. The van der Waals surface area contributed by atoms with Gasteiger partial charge in [-0.3, -0.25) is 9.78 Å². The second kappa shape index (κ2) is 14.5. The van der Waals surface area contributed by atoms with Crippen molar-refractivity contribution < 1.29 is 9.59 Å². The Kier molecular flexibility index (Phi) is 10.2. The van der Waals surface area contributed by atoms with Crippen molar-refractivity contribution in [3.63, 3.8) is 0 Å². The van der Waals surface area contributed by atoms with Crippen LogP contribution in [0.3, 0.4) is 0 Å². The first-order valence-corrected chi connectivity index (χ1v) is 17.4. The summed E-state index contributed by atoms with van der Waals surface area (Å²) in [5, 5.41) is 8.09. The van der Waals surface area contributed by atoms with Gasteiger partial charge in [0.05, 0.1) is 16.8 Å². The Bertz CT molecular complexity index is 1580. The molecule has 1 aromatic heterocycles. The van der Waals surface area contributed by atoms with Crippen molar-refractivity contribution in [3.05, 3.63) is 69.1 Å². The summed E-state index contributed by atoms with van der Waals surface area (Å²) in [5.74, 6) is 1.85. The van der Waals surface area contributed by atoms with E-state index in [0.717, 1.165) is 48.5 Å². The number of H-pyrrole nitrogens is 1. The smallest absolute Gasteiger partial charge is 0.343 e. The molecule has 0 radical (unpaired) electrons. The maximum atomic E-state index is 14.1. The molecule has 3 aromatic rings. The number of urea groups is 1. The van der Waals surface area contributed by atoms with E-state index in [1.54, 1.807) is 11.0 Å². The van der Waals surface area contributed by atoms with Crippen LogP contribution in [0, 0.1) is 18.8 Å². The summed E-state index contributed by atoms with van der Waals surface area (Å²) in [5.41, 5.74) is 8.91. The van der Waals surface area contributed by atoms with Crippen LogP contribution >= 0.6 is 11.6 Å². The van der Waals surface area contributed by atoms with Crippen molar-refractivity contribution in [2.45, 2.75) is 64.0 Å². The summed E-state index contributed by atoms with van der Waals surface area (Å²) in [4.78, 5) is 49.4. The van der Waals surface area contributed by atoms with Crippen molar-refractivity contribution >= 4 is 29.2 Å². The average molecular weight is 663 g/mol. The summed E-state index contributed by atoms with van der Waals surface area (Å²) < 4.78 is 1.51. The molecular weight excluding hydrogens is 616 g/mol. The number of carbonyl (C=O) groups is 2. The Morgan fingerprint density at radius 1 is 0.957 bits per heavy atom. The topological polar surface area (TPSA) is 133 Å². The van der Waals surface area contributed by atoms with E-state index in [9.17, 15) is 14.4 Å². The number of nitrogen functional groups attached to an aromatic ring is 1. The largest absolute Gasteiger partial charge is 0.397 e. The van der Waals surface area contributed by atoms with E-state index >= 15 is 0 Å². The summed E-state index contributed by atoms with van der Waals surface area (Å²) in [6, 6.07) is 12.1. The maximum absolute atomic E-state index is 14.1. The first-order chi connectivity index (χ1) is 22.7. The van der Waals surface area contributed by atoms with E-state index in [1.165, 1.54) is 17.5 Å². The lowest BCUT2D eigenvalue weighted by Crippen LogP contribution is -2.55. The third-order valence-electron chi connectivity index (χ3n) is 10.5. The third-order valence-corrected chi connectivity index (χ3v) is 10.8. The minimum Gasteiger partial charge on any atom is -0.397 e. The number of aryl methyl sites for hydroxylation is 1. The summed E-state index contributed by atoms with van der Waals surface area (Å²) in [6.07, 6.45) is 5.95. The minimum absolute atomic E-state index is 0.0582. The van der Waals surface area contributed by atoms with Gasteiger partial charge in [0.15, 0.2) is 5.82 Å². The van der Waals surface area contributed by atoms with E-state index in [1.807, 2.05) is 48.2 Å². The summed E-state index contributed by atoms with van der Waals surface area (Å²) in [6.45, 7) is 6.50. The second-order valence-corrected chi connectivity index (χ2v) is 14.0. The molecule has 3 amide bonds. The van der Waals surface area contributed by atoms with Crippen molar-refractivity contribution in [1.82, 2.24) is 34.8 Å². The van der Waals surface area contributed by atoms with Gasteiger partial charge in [0.1, 0.15) is 6.04 Å². The number of benzene rings is 2. The second-order valence-electron chi connectivity index (χ2n) is 13.6. The molecule has 3 fully saturated rings. The molecule has 0 saturated carbocycles. The summed E-state index contributed by atoms with van der Waals surface area (Å²) in [7, 11) is 2.19. The number of piperidine rings is 3. The fourth-order valence-electron chi connectivity index (χ4n) is 7.56. The van der Waals surface area contributed by atoms with Crippen molar-refractivity contribution in [2.75, 3.05) is 52.0 Å². The van der Waals surface area contributed by atoms with Gasteiger partial charge in [-0.05, 0) is 94.6 Å². The van der Waals surface area contributed by atoms with E-state index in [-0.39, 0.29) is 23.7 Å². The van der Waals surface area contributed by atoms with Gasteiger partial charge in [0.25, 0.3) is 0 Å². The van der Waals surface area contributed by atoms with Crippen molar-refractivity contribution in [2.24, 2.45) is 11.8 Å². The van der Waals surface area contributed by atoms with E-state index in [2.05, 4.69) is 27.3 Å². The molecule has 6 rings (SSSR count). The Hall–Kier alpha value is -3.83. The molecule has 0 bridgehead atoms. The number of rotatable bonds is 7. The van der Waals surface area contributed by atoms with Crippen molar-refractivity contribution in [1.29, 1.82) is 0 Å². The number of aromatic nitrogens is 3. The van der Waals surface area contributed by atoms with Crippen LogP contribution in [-0.2, 0) is 11.2 Å². The third kappa shape index (κ3) is 7.67. The van der Waals surface area contributed by atoms with Gasteiger partial charge < -0.3 is 25.8 Å². The molecule has 0 aliphatic carbocycles. The number of nitrogens with zero attached hydrogens (tertiary/aromatic N) is 5. The normalized spacial score (nSPS) is 19.6. The highest BCUT2D eigenvalue weighted by atomic mass is 35.5. The van der Waals surface area contributed by atoms with Gasteiger partial charge in [0, 0.05) is 38.2 Å². The SMILES string of the molecule is Cc1cc(C[C@@H](NC(=O)N2CCC(n3nc(-c4ccccc4)[nH]c3=O)CC2)C(=O)N2CCC(C3CCN(C)CC3)CC2)cc(Cl)c1N. The molecule has 0 spiro atoms. The van der Waals surface area contributed by atoms with Crippen LogP contribution in [0.2, 0.25) is 5.02 Å². The number of hydrogen-bond acceptors (Lipinski definition) is 6. The van der Waals surface area contributed by atoms with E-state index < -0.39 is 6.04 Å². The highest BCUT2D eigenvalue weighted by Crippen LogP contribution is 2.33. The van der Waals surface area contributed by atoms with Crippen LogP contribution in [0.25, 0.3) is 11.4 Å². The standard InChI is InChI=1S/C35H47ClN8O3/c1-23-20-24(21-29(36)31(23)37)22-30(33(45)42-16-10-26(11-17-42)25-8-14-41(2)15-9-25)38-34(46)43-18-12-28(13-19-43)44-35(47)39-32(40-44)27-6-4-3-5-7-27/h3-7,20-21,25-26,28,30H,8-19,22,37H2,1-2H3,(H,38,46)(H,39,40,47)/t30-/m1/s1. The van der Waals surface area contributed by atoms with E-state index in [0.29, 0.717) is 67.9 Å². The number of nitrogens with two attached hydrogens (primary N) is 1. The maximum Gasteiger partial charge on any atom is 0.343 e. The predicted octanol–water partition coefficient (Wildman–Crippen LogP) is 4.32. The zero-order chi connectivity index (χ0) is 33.1. The lowest BCUT2D eigenvalue weighted by Gasteiger charge is -2.40. The van der Waals surface area contributed by atoms with Gasteiger partial charge in [-0.2, -0.15) is 0 Å².